The zero-order chi connectivity index (χ0) is 20.7. The molecular formula is C21H32N2O5. The first-order chi connectivity index (χ1) is 13.2. The van der Waals surface area contributed by atoms with Crippen LogP contribution in [-0.4, -0.2) is 55.9 Å². The van der Waals surface area contributed by atoms with Crippen LogP contribution in [0.5, 0.6) is 11.5 Å². The van der Waals surface area contributed by atoms with Crippen molar-refractivity contribution in [3.05, 3.63) is 23.8 Å². The third-order valence-electron chi connectivity index (χ3n) is 4.59. The highest BCUT2D eigenvalue weighted by molar-refractivity contribution is 5.85. The molecule has 1 N–H and O–H groups in total. The molecular weight excluding hydrogens is 360 g/mol. The summed E-state index contributed by atoms with van der Waals surface area (Å²) in [6.07, 6.45) is 2.70. The van der Waals surface area contributed by atoms with E-state index in [0.29, 0.717) is 37.4 Å². The Morgan fingerprint density at radius 1 is 1.14 bits per heavy atom. The number of benzene rings is 1. The van der Waals surface area contributed by atoms with Crippen LogP contribution >= 0.6 is 0 Å². The van der Waals surface area contributed by atoms with Gasteiger partial charge in [0.15, 0.2) is 11.5 Å². The molecule has 7 heteroatoms. The van der Waals surface area contributed by atoms with Crippen LogP contribution in [0, 0.1) is 0 Å². The number of nitrogens with one attached hydrogen (secondary N) is 1. The van der Waals surface area contributed by atoms with Gasteiger partial charge in [-0.1, -0.05) is 6.07 Å². The number of amides is 2. The maximum atomic E-state index is 12.7. The van der Waals surface area contributed by atoms with Gasteiger partial charge in [0.1, 0.15) is 11.6 Å². The summed E-state index contributed by atoms with van der Waals surface area (Å²) in [5, 5.41) is 2.95. The third-order valence-corrected chi connectivity index (χ3v) is 4.59. The Bertz CT molecular complexity index is 684. The topological polar surface area (TPSA) is 77.1 Å². The van der Waals surface area contributed by atoms with E-state index in [0.717, 1.165) is 18.4 Å². The van der Waals surface area contributed by atoms with Crippen molar-refractivity contribution in [3.63, 3.8) is 0 Å². The quantitative estimate of drug-likeness (QED) is 0.805. The molecule has 1 fully saturated rings. The molecule has 0 aliphatic carbocycles. The number of piperidine rings is 1. The molecule has 2 rings (SSSR count). The summed E-state index contributed by atoms with van der Waals surface area (Å²) in [5.41, 5.74) is 0.453. The predicted molar refractivity (Wildman–Crippen MR) is 107 cm³/mol. The molecule has 0 radical (unpaired) electrons. The standard InChI is InChI=1S/C21H32N2O5/c1-21(2,3)28-20(25)23-13-7-6-8-16(23)19(24)22-12-11-15-9-10-17(26-4)18(14-15)27-5/h9-10,14,16H,6-8,11-13H2,1-5H3,(H,22,24). The average Bonchev–Trinajstić information content (AvgIpc) is 2.66. The predicted octanol–water partition coefficient (Wildman–Crippen LogP) is 3.15. The van der Waals surface area contributed by atoms with E-state index in [-0.39, 0.29) is 5.91 Å². The second kappa shape index (κ2) is 9.66. The van der Waals surface area contributed by atoms with Crippen LogP contribution in [-0.2, 0) is 16.0 Å². The Morgan fingerprint density at radius 3 is 2.50 bits per heavy atom. The highest BCUT2D eigenvalue weighted by Crippen LogP contribution is 2.27. The Morgan fingerprint density at radius 2 is 1.86 bits per heavy atom. The van der Waals surface area contributed by atoms with Gasteiger partial charge in [-0.3, -0.25) is 9.69 Å². The van der Waals surface area contributed by atoms with Crippen molar-refractivity contribution in [1.82, 2.24) is 10.2 Å². The number of carbonyl (C=O) groups excluding carboxylic acids is 2. The van der Waals surface area contributed by atoms with Gasteiger partial charge in [0.25, 0.3) is 0 Å². The summed E-state index contributed by atoms with van der Waals surface area (Å²) in [4.78, 5) is 26.7. The van der Waals surface area contributed by atoms with Crippen LogP contribution in [0.15, 0.2) is 18.2 Å². The molecule has 1 unspecified atom stereocenters. The molecule has 0 bridgehead atoms. The van der Waals surface area contributed by atoms with Crippen molar-refractivity contribution in [2.75, 3.05) is 27.3 Å². The largest absolute Gasteiger partial charge is 0.493 e. The third kappa shape index (κ3) is 6.04. The van der Waals surface area contributed by atoms with Gasteiger partial charge in [0.05, 0.1) is 14.2 Å². The van der Waals surface area contributed by atoms with E-state index >= 15 is 0 Å². The Balaban J connectivity index is 1.92. The Kier molecular flexibility index (Phi) is 7.54. The highest BCUT2D eigenvalue weighted by Gasteiger charge is 2.34. The molecule has 2 amide bonds. The van der Waals surface area contributed by atoms with E-state index < -0.39 is 17.7 Å². The normalized spacial score (nSPS) is 17.0. The zero-order valence-electron chi connectivity index (χ0n) is 17.5. The number of hydrogen-bond acceptors (Lipinski definition) is 5. The fourth-order valence-electron chi connectivity index (χ4n) is 3.23. The summed E-state index contributed by atoms with van der Waals surface area (Å²) in [6.45, 7) is 6.50. The molecule has 156 valence electrons. The molecule has 1 aromatic carbocycles. The molecule has 1 aromatic rings. The molecule has 1 atom stereocenters. The summed E-state index contributed by atoms with van der Waals surface area (Å²) >= 11 is 0. The number of likely N-dealkylation sites (tertiary alicyclic amines) is 1. The highest BCUT2D eigenvalue weighted by atomic mass is 16.6. The maximum absolute atomic E-state index is 12.7. The number of hydrogen-bond donors (Lipinski definition) is 1. The lowest BCUT2D eigenvalue weighted by atomic mass is 10.0. The van der Waals surface area contributed by atoms with Gasteiger partial charge in [-0.25, -0.2) is 4.79 Å². The van der Waals surface area contributed by atoms with E-state index in [4.69, 9.17) is 14.2 Å². The Labute approximate surface area is 167 Å². The van der Waals surface area contributed by atoms with E-state index in [1.165, 1.54) is 0 Å². The molecule has 1 aliphatic heterocycles. The lowest BCUT2D eigenvalue weighted by Crippen LogP contribution is -2.53. The Hall–Kier alpha value is -2.44. The van der Waals surface area contributed by atoms with Gasteiger partial charge in [0.2, 0.25) is 5.91 Å². The molecule has 28 heavy (non-hydrogen) atoms. The molecule has 1 heterocycles. The molecule has 0 aromatic heterocycles. The average molecular weight is 392 g/mol. The van der Waals surface area contributed by atoms with Gasteiger partial charge in [-0.2, -0.15) is 0 Å². The SMILES string of the molecule is COc1ccc(CCNC(=O)C2CCCCN2C(=O)OC(C)(C)C)cc1OC. The first kappa shape index (κ1) is 21.9. The minimum atomic E-state index is -0.580. The fourth-order valence-corrected chi connectivity index (χ4v) is 3.23. The van der Waals surface area contributed by atoms with Crippen molar-refractivity contribution in [3.8, 4) is 11.5 Å². The number of rotatable bonds is 6. The summed E-state index contributed by atoms with van der Waals surface area (Å²) < 4.78 is 16.0. The molecule has 1 aliphatic rings. The first-order valence-corrected chi connectivity index (χ1v) is 9.73. The second-order valence-electron chi connectivity index (χ2n) is 7.92. The first-order valence-electron chi connectivity index (χ1n) is 9.73. The summed E-state index contributed by atoms with van der Waals surface area (Å²) in [5.74, 6) is 1.20. The van der Waals surface area contributed by atoms with E-state index in [1.54, 1.807) is 19.1 Å². The summed E-state index contributed by atoms with van der Waals surface area (Å²) in [7, 11) is 3.19. The van der Waals surface area contributed by atoms with Crippen molar-refractivity contribution in [2.24, 2.45) is 0 Å². The van der Waals surface area contributed by atoms with Gasteiger partial charge in [0, 0.05) is 13.1 Å². The van der Waals surface area contributed by atoms with Crippen molar-refractivity contribution < 1.29 is 23.8 Å². The number of carbonyl (C=O) groups is 2. The van der Waals surface area contributed by atoms with Crippen molar-refractivity contribution in [1.29, 1.82) is 0 Å². The van der Waals surface area contributed by atoms with Crippen LogP contribution in [0.2, 0.25) is 0 Å². The molecule has 0 saturated carbocycles. The van der Waals surface area contributed by atoms with E-state index in [1.807, 2.05) is 39.0 Å². The van der Waals surface area contributed by atoms with Crippen molar-refractivity contribution >= 4 is 12.0 Å². The van der Waals surface area contributed by atoms with Crippen LogP contribution < -0.4 is 14.8 Å². The molecule has 7 nitrogen and oxygen atoms in total. The zero-order valence-corrected chi connectivity index (χ0v) is 17.5. The van der Waals surface area contributed by atoms with Gasteiger partial charge < -0.3 is 19.5 Å². The van der Waals surface area contributed by atoms with E-state index in [9.17, 15) is 9.59 Å². The van der Waals surface area contributed by atoms with Crippen LogP contribution in [0.3, 0.4) is 0 Å². The smallest absolute Gasteiger partial charge is 0.410 e. The lowest BCUT2D eigenvalue weighted by Gasteiger charge is -2.35. The lowest BCUT2D eigenvalue weighted by molar-refractivity contribution is -0.127. The number of ether oxygens (including phenoxy) is 3. The fraction of sp³-hybridized carbons (Fsp3) is 0.619. The minimum absolute atomic E-state index is 0.133. The van der Waals surface area contributed by atoms with Crippen LogP contribution in [0.25, 0.3) is 0 Å². The van der Waals surface area contributed by atoms with Crippen molar-refractivity contribution in [2.45, 2.75) is 58.1 Å². The number of methoxy groups -OCH3 is 2. The van der Waals surface area contributed by atoms with Gasteiger partial charge >= 0.3 is 6.09 Å². The monoisotopic (exact) mass is 392 g/mol. The van der Waals surface area contributed by atoms with Gasteiger partial charge in [-0.15, -0.1) is 0 Å². The minimum Gasteiger partial charge on any atom is -0.493 e. The van der Waals surface area contributed by atoms with Crippen LogP contribution in [0.4, 0.5) is 4.79 Å². The van der Waals surface area contributed by atoms with Gasteiger partial charge in [-0.05, 0) is 64.2 Å². The molecule has 0 spiro atoms. The second-order valence-corrected chi connectivity index (χ2v) is 7.92. The van der Waals surface area contributed by atoms with E-state index in [2.05, 4.69) is 5.32 Å². The maximum Gasteiger partial charge on any atom is 0.410 e. The molecule has 1 saturated heterocycles. The summed E-state index contributed by atoms with van der Waals surface area (Å²) in [6, 6.07) is 5.22. The van der Waals surface area contributed by atoms with Crippen LogP contribution in [0.1, 0.15) is 45.6 Å². The number of nitrogens with zero attached hydrogens (tertiary/aromatic N) is 1.